The molecule has 3 N–H and O–H groups in total. The van der Waals surface area contributed by atoms with Gasteiger partial charge in [0.25, 0.3) is 0 Å². The van der Waals surface area contributed by atoms with E-state index in [0.29, 0.717) is 40.5 Å². The number of aromatic nitrogens is 3. The summed E-state index contributed by atoms with van der Waals surface area (Å²) in [6.45, 7) is 5.72. The van der Waals surface area contributed by atoms with E-state index < -0.39 is 11.6 Å². The highest BCUT2D eigenvalue weighted by Gasteiger charge is 2.60. The smallest absolute Gasteiger partial charge is 0.383 e. The van der Waals surface area contributed by atoms with Crippen LogP contribution >= 0.6 is 0 Å². The topological polar surface area (TPSA) is 79.9 Å². The zero-order valence-corrected chi connectivity index (χ0v) is 19.0. The molecule has 2 fully saturated rings. The lowest BCUT2D eigenvalue weighted by molar-refractivity contribution is -0.213. The Morgan fingerprint density at radius 1 is 1.26 bits per heavy atom. The minimum atomic E-state index is -4.33. The molecule has 3 aromatic heterocycles. The molecule has 0 aromatic carbocycles. The molecule has 0 radical (unpaired) electrons. The fourth-order valence-electron chi connectivity index (χ4n) is 5.06. The number of halogens is 3. The first-order valence-electron chi connectivity index (χ1n) is 11.5. The van der Waals surface area contributed by atoms with Crippen molar-refractivity contribution in [2.75, 3.05) is 0 Å². The summed E-state index contributed by atoms with van der Waals surface area (Å²) < 4.78 is 41.8. The number of fused-ring (bicyclic) bond motifs is 1. The number of nitrogens with zero attached hydrogens (tertiary/aromatic N) is 3. The van der Waals surface area contributed by atoms with Gasteiger partial charge >= 0.3 is 6.18 Å². The Kier molecular flexibility index (Phi) is 5.36. The summed E-state index contributed by atoms with van der Waals surface area (Å²) in [4.78, 5) is 16.2. The summed E-state index contributed by atoms with van der Waals surface area (Å²) >= 11 is 0. The molecular weight excluding hydrogens is 439 g/mol. The summed E-state index contributed by atoms with van der Waals surface area (Å²) in [5, 5.41) is 0.543. The Bertz CT molecular complexity index is 1340. The van der Waals surface area contributed by atoms with Gasteiger partial charge in [0, 0.05) is 40.8 Å². The molecule has 0 unspecified atom stereocenters. The lowest BCUT2D eigenvalue weighted by Crippen LogP contribution is -2.48. The molecule has 0 atom stereocenters. The Hall–Kier alpha value is -3.38. The molecule has 0 saturated heterocycles. The van der Waals surface area contributed by atoms with Gasteiger partial charge in [-0.05, 0) is 61.8 Å². The predicted molar refractivity (Wildman–Crippen MR) is 127 cm³/mol. The van der Waals surface area contributed by atoms with Gasteiger partial charge in [-0.3, -0.25) is 4.98 Å². The number of hydrogen-bond acceptors (Lipinski definition) is 3. The van der Waals surface area contributed by atoms with E-state index >= 15 is 0 Å². The van der Waals surface area contributed by atoms with Crippen molar-refractivity contribution in [1.29, 1.82) is 0 Å². The van der Waals surface area contributed by atoms with Crippen LogP contribution in [0.1, 0.15) is 72.4 Å². The van der Waals surface area contributed by atoms with Crippen LogP contribution in [0.5, 0.6) is 0 Å². The van der Waals surface area contributed by atoms with Crippen molar-refractivity contribution in [3.63, 3.8) is 0 Å². The Morgan fingerprint density at radius 3 is 2.62 bits per heavy atom. The number of H-pyrrole nitrogens is 1. The average Bonchev–Trinajstić information content (AvgIpc) is 3.12. The number of rotatable bonds is 5. The van der Waals surface area contributed by atoms with Crippen LogP contribution < -0.4 is 5.73 Å². The normalized spacial score (nSPS) is 18.3. The molecular formula is C26H26F3N5. The van der Waals surface area contributed by atoms with Crippen LogP contribution in [0.25, 0.3) is 16.7 Å². The van der Waals surface area contributed by atoms with Crippen molar-refractivity contribution in [1.82, 2.24) is 15.0 Å². The third-order valence-electron chi connectivity index (χ3n) is 7.42. The Balaban J connectivity index is 1.58. The third-order valence-corrected chi connectivity index (χ3v) is 7.42. The van der Waals surface area contributed by atoms with E-state index in [0.717, 1.165) is 29.5 Å². The van der Waals surface area contributed by atoms with Gasteiger partial charge in [-0.25, -0.2) is 9.98 Å². The second-order valence-electron chi connectivity index (χ2n) is 9.31. The van der Waals surface area contributed by atoms with Crippen LogP contribution in [0, 0.1) is 6.92 Å². The molecule has 34 heavy (non-hydrogen) atoms. The van der Waals surface area contributed by atoms with Crippen molar-refractivity contribution < 1.29 is 13.2 Å². The number of hydrogen-bond donors (Lipinski definition) is 2. The van der Waals surface area contributed by atoms with Crippen molar-refractivity contribution in [2.45, 2.75) is 63.0 Å². The van der Waals surface area contributed by atoms with Gasteiger partial charge in [0.2, 0.25) is 0 Å². The average molecular weight is 466 g/mol. The quantitative estimate of drug-likeness (QED) is 0.274. The van der Waals surface area contributed by atoms with E-state index in [4.69, 9.17) is 5.73 Å². The standard InChI is InChI=1S/C26H26F3N5/c1-3-20(33-23(30)22-15(2)13-31-14-19(22)16-6-4-7-16)17-8-11-32-24-18(17)12-21(34-24)25(9-5-10-25)26(27,28)29/h8,11-14,16H,1,4-7,9-10H2,2H3,(H2,30,33)(H,32,34). The minimum absolute atomic E-state index is 0.0686. The largest absolute Gasteiger partial charge is 0.399 e. The lowest BCUT2D eigenvalue weighted by atomic mass is 9.66. The van der Waals surface area contributed by atoms with Crippen molar-refractivity contribution in [3.8, 4) is 0 Å². The summed E-state index contributed by atoms with van der Waals surface area (Å²) in [5.41, 5.74) is 11.8. The number of aryl methyl sites for hydroxylation is 1. The van der Waals surface area contributed by atoms with E-state index in [9.17, 15) is 13.2 Å². The Morgan fingerprint density at radius 2 is 2.03 bits per heavy atom. The summed E-state index contributed by atoms with van der Waals surface area (Å²) in [5.74, 6) is 0.729. The second kappa shape index (κ2) is 8.13. The first-order chi connectivity index (χ1) is 16.2. The van der Waals surface area contributed by atoms with E-state index in [2.05, 4.69) is 32.3 Å². The van der Waals surface area contributed by atoms with Crippen molar-refractivity contribution in [3.05, 3.63) is 71.0 Å². The number of aromatic amines is 1. The Labute approximate surface area is 195 Å². The maximum Gasteiger partial charge on any atom is 0.399 e. The van der Waals surface area contributed by atoms with Gasteiger partial charge in [-0.15, -0.1) is 5.73 Å². The highest BCUT2D eigenvalue weighted by molar-refractivity contribution is 6.04. The summed E-state index contributed by atoms with van der Waals surface area (Å²) in [6, 6.07) is 3.25. The van der Waals surface area contributed by atoms with E-state index in [1.165, 1.54) is 6.42 Å². The molecule has 8 heteroatoms. The zero-order valence-electron chi connectivity index (χ0n) is 19.0. The molecule has 2 saturated carbocycles. The van der Waals surface area contributed by atoms with Crippen LogP contribution in [-0.4, -0.2) is 27.0 Å². The van der Waals surface area contributed by atoms with Crippen LogP contribution in [0.4, 0.5) is 13.2 Å². The van der Waals surface area contributed by atoms with Crippen LogP contribution in [0.2, 0.25) is 0 Å². The molecule has 0 bridgehead atoms. The maximum absolute atomic E-state index is 13.9. The van der Waals surface area contributed by atoms with E-state index in [1.807, 2.05) is 13.1 Å². The summed E-state index contributed by atoms with van der Waals surface area (Å²) in [7, 11) is 0. The van der Waals surface area contributed by atoms with Crippen molar-refractivity contribution in [2.24, 2.45) is 10.7 Å². The first-order valence-corrected chi connectivity index (χ1v) is 11.5. The molecule has 3 aromatic rings. The highest BCUT2D eigenvalue weighted by atomic mass is 19.4. The zero-order chi connectivity index (χ0) is 24.1. The van der Waals surface area contributed by atoms with Gasteiger partial charge < -0.3 is 10.7 Å². The van der Waals surface area contributed by atoms with Crippen LogP contribution in [-0.2, 0) is 5.41 Å². The second-order valence-corrected chi connectivity index (χ2v) is 9.31. The maximum atomic E-state index is 13.9. The minimum Gasteiger partial charge on any atom is -0.383 e. The molecule has 0 spiro atoms. The van der Waals surface area contributed by atoms with Gasteiger partial charge in [0.05, 0.1) is 0 Å². The van der Waals surface area contributed by atoms with Gasteiger partial charge in [-0.1, -0.05) is 19.4 Å². The fraction of sp³-hybridized carbons (Fsp3) is 0.385. The van der Waals surface area contributed by atoms with E-state index in [1.54, 1.807) is 24.5 Å². The van der Waals surface area contributed by atoms with Gasteiger partial charge in [0.15, 0.2) is 0 Å². The SMILES string of the molecule is C=C=C(N=C(N)c1c(C)cncc1C1CCC1)c1ccnc2[nH]c(C3(C(F)(F)F)CCC3)cc12. The highest BCUT2D eigenvalue weighted by Crippen LogP contribution is 2.54. The lowest BCUT2D eigenvalue weighted by Gasteiger charge is -2.42. The third kappa shape index (κ3) is 3.44. The van der Waals surface area contributed by atoms with Gasteiger partial charge in [-0.2, -0.15) is 13.2 Å². The molecule has 5 rings (SSSR count). The van der Waals surface area contributed by atoms with Crippen molar-refractivity contribution >= 4 is 22.6 Å². The summed E-state index contributed by atoms with van der Waals surface area (Å²) in [6.07, 6.45) is 4.86. The van der Waals surface area contributed by atoms with Crippen LogP contribution in [0.15, 0.2) is 48.0 Å². The number of alkyl halides is 3. The molecule has 2 aliphatic rings. The number of aliphatic imine (C=N–C) groups is 1. The van der Waals surface area contributed by atoms with E-state index in [-0.39, 0.29) is 18.5 Å². The molecule has 5 nitrogen and oxygen atoms in total. The first kappa shape index (κ1) is 22.4. The number of nitrogens with one attached hydrogen (secondary N) is 1. The molecule has 3 heterocycles. The fourth-order valence-corrected chi connectivity index (χ4v) is 5.06. The number of pyridine rings is 2. The number of nitrogens with two attached hydrogens (primary N) is 1. The monoisotopic (exact) mass is 465 g/mol. The molecule has 176 valence electrons. The molecule has 2 aliphatic carbocycles. The van der Waals surface area contributed by atoms with Gasteiger partial charge in [0.1, 0.15) is 22.6 Å². The van der Waals surface area contributed by atoms with Crippen LogP contribution in [0.3, 0.4) is 0 Å². The molecule has 0 aliphatic heterocycles. The number of amidine groups is 1. The molecule has 0 amide bonds. The predicted octanol–water partition coefficient (Wildman–Crippen LogP) is 6.05.